The summed E-state index contributed by atoms with van der Waals surface area (Å²) in [6, 6.07) is 20.4. The molecule has 4 aromatic rings. The van der Waals surface area contributed by atoms with Crippen LogP contribution in [0.25, 0.3) is 22.3 Å². The summed E-state index contributed by atoms with van der Waals surface area (Å²) in [5, 5.41) is 5.58. The van der Waals surface area contributed by atoms with Crippen molar-refractivity contribution >= 4 is 22.8 Å². The van der Waals surface area contributed by atoms with Crippen molar-refractivity contribution in [1.82, 2.24) is 24.6 Å². The highest BCUT2D eigenvalue weighted by molar-refractivity contribution is 5.99. The Bertz CT molecular complexity index is 1150. The fraction of sp³-hybridized carbons (Fsp3) is 0.261. The standard InChI is InChI=1S/C23H25N7/c1-28-12-14-29(15-13-28)23-25-20(18-10-6-3-7-11-18)19-21(24)30(27-22(19)26-23)16-17-8-4-2-5-9-17/h2-11H,12-16,24H2,1H3. The molecule has 0 amide bonds. The lowest BCUT2D eigenvalue weighted by Gasteiger charge is -2.32. The van der Waals surface area contributed by atoms with Gasteiger partial charge >= 0.3 is 0 Å². The molecule has 30 heavy (non-hydrogen) atoms. The average Bonchev–Trinajstić information content (AvgIpc) is 3.10. The van der Waals surface area contributed by atoms with E-state index in [2.05, 4.69) is 41.1 Å². The maximum atomic E-state index is 6.57. The largest absolute Gasteiger partial charge is 0.383 e. The molecule has 2 aromatic heterocycles. The van der Waals surface area contributed by atoms with Crippen LogP contribution >= 0.6 is 0 Å². The van der Waals surface area contributed by atoms with Crippen molar-refractivity contribution in [2.24, 2.45) is 0 Å². The predicted octanol–water partition coefficient (Wildman–Crippen LogP) is 2.88. The van der Waals surface area contributed by atoms with Gasteiger partial charge in [0, 0.05) is 31.7 Å². The number of rotatable bonds is 4. The smallest absolute Gasteiger partial charge is 0.228 e. The van der Waals surface area contributed by atoms with E-state index in [0.29, 0.717) is 18.0 Å². The van der Waals surface area contributed by atoms with Gasteiger partial charge in [-0.25, -0.2) is 9.67 Å². The predicted molar refractivity (Wildman–Crippen MR) is 120 cm³/mol. The van der Waals surface area contributed by atoms with Crippen molar-refractivity contribution in [3.8, 4) is 11.3 Å². The van der Waals surface area contributed by atoms with Gasteiger partial charge < -0.3 is 15.5 Å². The molecule has 3 heterocycles. The van der Waals surface area contributed by atoms with E-state index in [-0.39, 0.29) is 0 Å². The van der Waals surface area contributed by atoms with Gasteiger partial charge in [-0.1, -0.05) is 60.7 Å². The lowest BCUT2D eigenvalue weighted by Crippen LogP contribution is -2.45. The van der Waals surface area contributed by atoms with Crippen LogP contribution in [-0.2, 0) is 6.54 Å². The molecule has 0 aliphatic carbocycles. The minimum absolute atomic E-state index is 0.595. The monoisotopic (exact) mass is 399 g/mol. The van der Waals surface area contributed by atoms with Gasteiger partial charge in [0.15, 0.2) is 5.65 Å². The summed E-state index contributed by atoms with van der Waals surface area (Å²) >= 11 is 0. The average molecular weight is 400 g/mol. The van der Waals surface area contributed by atoms with Crippen LogP contribution in [0.15, 0.2) is 60.7 Å². The first kappa shape index (κ1) is 18.6. The Labute approximate surface area is 175 Å². The molecule has 0 unspecified atom stereocenters. The minimum Gasteiger partial charge on any atom is -0.383 e. The van der Waals surface area contributed by atoms with E-state index in [1.807, 2.05) is 41.1 Å². The van der Waals surface area contributed by atoms with Crippen LogP contribution in [0.4, 0.5) is 11.8 Å². The number of nitrogen functional groups attached to an aromatic ring is 1. The molecule has 0 radical (unpaired) electrons. The van der Waals surface area contributed by atoms with Crippen LogP contribution < -0.4 is 10.6 Å². The number of piperazine rings is 1. The van der Waals surface area contributed by atoms with E-state index in [4.69, 9.17) is 20.8 Å². The van der Waals surface area contributed by atoms with E-state index < -0.39 is 0 Å². The number of benzene rings is 2. The molecule has 1 aliphatic heterocycles. The van der Waals surface area contributed by atoms with Gasteiger partial charge in [0.1, 0.15) is 5.82 Å². The van der Waals surface area contributed by atoms with Gasteiger partial charge in [-0.3, -0.25) is 0 Å². The van der Waals surface area contributed by atoms with Gasteiger partial charge in [0.2, 0.25) is 5.95 Å². The molecule has 152 valence electrons. The number of nitrogens with two attached hydrogens (primary N) is 1. The second-order valence-electron chi connectivity index (χ2n) is 7.76. The van der Waals surface area contributed by atoms with E-state index in [0.717, 1.165) is 54.3 Å². The van der Waals surface area contributed by atoms with Crippen LogP contribution in [0.1, 0.15) is 5.56 Å². The van der Waals surface area contributed by atoms with E-state index in [1.54, 1.807) is 0 Å². The van der Waals surface area contributed by atoms with Gasteiger partial charge in [-0.2, -0.15) is 4.98 Å². The number of nitrogens with zero attached hydrogens (tertiary/aromatic N) is 6. The maximum absolute atomic E-state index is 6.57. The SMILES string of the molecule is CN1CCN(c2nc(-c3ccccc3)c3c(N)n(Cc4ccccc4)nc3n2)CC1. The first-order valence-corrected chi connectivity index (χ1v) is 10.3. The molecule has 7 nitrogen and oxygen atoms in total. The van der Waals surface area contributed by atoms with Gasteiger partial charge in [0.05, 0.1) is 17.6 Å². The third-order valence-corrected chi connectivity index (χ3v) is 5.64. The fourth-order valence-corrected chi connectivity index (χ4v) is 3.87. The molecule has 1 saturated heterocycles. The zero-order valence-electron chi connectivity index (χ0n) is 17.1. The number of hydrogen-bond donors (Lipinski definition) is 1. The third kappa shape index (κ3) is 3.48. The Hall–Kier alpha value is -3.45. The molecule has 5 rings (SSSR count). The zero-order valence-corrected chi connectivity index (χ0v) is 17.1. The van der Waals surface area contributed by atoms with Crippen molar-refractivity contribution in [2.75, 3.05) is 43.9 Å². The van der Waals surface area contributed by atoms with Crippen LogP contribution in [-0.4, -0.2) is 57.9 Å². The van der Waals surface area contributed by atoms with Crippen molar-refractivity contribution in [2.45, 2.75) is 6.54 Å². The summed E-state index contributed by atoms with van der Waals surface area (Å²) in [5.74, 6) is 1.32. The zero-order chi connectivity index (χ0) is 20.5. The van der Waals surface area contributed by atoms with Gasteiger partial charge in [-0.05, 0) is 12.6 Å². The molecule has 1 fully saturated rings. The number of aromatic nitrogens is 4. The highest BCUT2D eigenvalue weighted by Gasteiger charge is 2.22. The molecular weight excluding hydrogens is 374 g/mol. The Balaban J connectivity index is 1.64. The van der Waals surface area contributed by atoms with Crippen LogP contribution in [0.2, 0.25) is 0 Å². The van der Waals surface area contributed by atoms with Gasteiger partial charge in [-0.15, -0.1) is 5.10 Å². The van der Waals surface area contributed by atoms with Crippen molar-refractivity contribution in [3.63, 3.8) is 0 Å². The van der Waals surface area contributed by atoms with E-state index in [1.165, 1.54) is 0 Å². The summed E-state index contributed by atoms with van der Waals surface area (Å²) in [7, 11) is 2.14. The quantitative estimate of drug-likeness (QED) is 0.569. The lowest BCUT2D eigenvalue weighted by atomic mass is 10.1. The fourth-order valence-electron chi connectivity index (χ4n) is 3.87. The Morgan fingerprint density at radius 1 is 0.867 bits per heavy atom. The number of likely N-dealkylation sites (N-methyl/N-ethyl adjacent to an activating group) is 1. The molecular formula is C23H25N7. The topological polar surface area (TPSA) is 76.1 Å². The summed E-state index contributed by atoms with van der Waals surface area (Å²) < 4.78 is 1.83. The minimum atomic E-state index is 0.595. The summed E-state index contributed by atoms with van der Waals surface area (Å²) in [6.45, 7) is 4.38. The van der Waals surface area contributed by atoms with Crippen molar-refractivity contribution in [1.29, 1.82) is 0 Å². The van der Waals surface area contributed by atoms with E-state index >= 15 is 0 Å². The summed E-state index contributed by atoms with van der Waals surface area (Å²) in [5.41, 5.74) is 10.2. The second-order valence-corrected chi connectivity index (χ2v) is 7.76. The van der Waals surface area contributed by atoms with Crippen molar-refractivity contribution < 1.29 is 0 Å². The molecule has 2 aromatic carbocycles. The molecule has 0 bridgehead atoms. The first-order valence-electron chi connectivity index (χ1n) is 10.3. The van der Waals surface area contributed by atoms with E-state index in [9.17, 15) is 0 Å². The number of hydrogen-bond acceptors (Lipinski definition) is 6. The van der Waals surface area contributed by atoms with Crippen LogP contribution in [0, 0.1) is 0 Å². The third-order valence-electron chi connectivity index (χ3n) is 5.64. The molecule has 2 N–H and O–H groups in total. The highest BCUT2D eigenvalue weighted by Crippen LogP contribution is 2.32. The van der Waals surface area contributed by atoms with Gasteiger partial charge in [0.25, 0.3) is 0 Å². The molecule has 0 atom stereocenters. The second kappa shape index (κ2) is 7.76. The number of anilines is 2. The normalized spacial score (nSPS) is 15.0. The summed E-state index contributed by atoms with van der Waals surface area (Å²) in [4.78, 5) is 14.3. The first-order chi connectivity index (χ1) is 14.7. The Morgan fingerprint density at radius 2 is 1.53 bits per heavy atom. The molecule has 1 aliphatic rings. The lowest BCUT2D eigenvalue weighted by molar-refractivity contribution is 0.311. The van der Waals surface area contributed by atoms with Crippen LogP contribution in [0.3, 0.4) is 0 Å². The molecule has 0 spiro atoms. The summed E-state index contributed by atoms with van der Waals surface area (Å²) in [6.07, 6.45) is 0. The number of fused-ring (bicyclic) bond motifs is 1. The Kier molecular flexibility index (Phi) is 4.80. The maximum Gasteiger partial charge on any atom is 0.228 e. The van der Waals surface area contributed by atoms with Crippen LogP contribution in [0.5, 0.6) is 0 Å². The highest BCUT2D eigenvalue weighted by atomic mass is 15.4. The molecule has 0 saturated carbocycles. The Morgan fingerprint density at radius 3 is 2.23 bits per heavy atom. The van der Waals surface area contributed by atoms with Crippen molar-refractivity contribution in [3.05, 3.63) is 66.2 Å². The molecule has 7 heteroatoms.